The molecule has 1 amide bonds. The van der Waals surface area contributed by atoms with E-state index in [2.05, 4.69) is 10.5 Å². The zero-order chi connectivity index (χ0) is 14.0. The Bertz CT molecular complexity index is 594. The first-order valence-corrected chi connectivity index (χ1v) is 6.58. The summed E-state index contributed by atoms with van der Waals surface area (Å²) in [6, 6.07) is 8.59. The van der Waals surface area contributed by atoms with Gasteiger partial charge >= 0.3 is 0 Å². The summed E-state index contributed by atoms with van der Waals surface area (Å²) < 4.78 is 0. The molecule has 1 aromatic carbocycles. The van der Waals surface area contributed by atoms with Crippen molar-refractivity contribution in [3.63, 3.8) is 0 Å². The van der Waals surface area contributed by atoms with E-state index < -0.39 is 0 Å². The van der Waals surface area contributed by atoms with Crippen LogP contribution in [0.4, 0.5) is 0 Å². The first-order valence-electron chi connectivity index (χ1n) is 5.07. The molecule has 0 spiro atoms. The van der Waals surface area contributed by atoms with Gasteiger partial charge in [-0.05, 0) is 12.1 Å². The minimum Gasteiger partial charge on any atom is -0.267 e. The van der Waals surface area contributed by atoms with Crippen LogP contribution in [0.1, 0.15) is 10.4 Å². The Balaban J connectivity index is 2.19. The van der Waals surface area contributed by atoms with Gasteiger partial charge in [-0.25, -0.2) is 5.43 Å². The molecule has 0 fully saturated rings. The number of halogens is 4. The number of nitrogens with zero attached hydrogens (tertiary/aromatic N) is 1. The average molecular weight is 336 g/mol. The Morgan fingerprint density at radius 1 is 0.895 bits per heavy atom. The summed E-state index contributed by atoms with van der Waals surface area (Å²) in [4.78, 5) is 11.8. The molecule has 1 N–H and O–H groups in total. The highest BCUT2D eigenvalue weighted by atomic mass is 35.5. The number of rotatable bonds is 2. The zero-order valence-corrected chi connectivity index (χ0v) is 12.3. The third-order valence-corrected chi connectivity index (χ3v) is 4.08. The number of benzene rings is 1. The molecule has 1 aliphatic rings. The van der Waals surface area contributed by atoms with Crippen LogP contribution in [-0.4, -0.2) is 11.6 Å². The topological polar surface area (TPSA) is 41.5 Å². The lowest BCUT2D eigenvalue weighted by Gasteiger charge is -2.01. The highest BCUT2D eigenvalue weighted by molar-refractivity contribution is 6.66. The minimum atomic E-state index is -0.388. The van der Waals surface area contributed by atoms with Gasteiger partial charge in [-0.2, -0.15) is 5.10 Å². The van der Waals surface area contributed by atoms with Crippen LogP contribution in [0.2, 0.25) is 0 Å². The number of hydrogen-bond donors (Lipinski definition) is 1. The van der Waals surface area contributed by atoms with Crippen molar-refractivity contribution in [1.82, 2.24) is 5.43 Å². The van der Waals surface area contributed by atoms with Crippen LogP contribution in [0.3, 0.4) is 0 Å². The molecule has 19 heavy (non-hydrogen) atoms. The van der Waals surface area contributed by atoms with Crippen LogP contribution in [0.5, 0.6) is 0 Å². The third-order valence-electron chi connectivity index (χ3n) is 2.30. The van der Waals surface area contributed by atoms with Gasteiger partial charge in [0.2, 0.25) is 0 Å². The normalized spacial score (nSPS) is 15.1. The van der Waals surface area contributed by atoms with E-state index in [4.69, 9.17) is 46.4 Å². The molecule has 0 saturated heterocycles. The summed E-state index contributed by atoms with van der Waals surface area (Å²) in [7, 11) is 0. The predicted molar refractivity (Wildman–Crippen MR) is 78.8 cm³/mol. The Hall–Kier alpha value is -1.00. The molecule has 3 nitrogen and oxygen atoms in total. The largest absolute Gasteiger partial charge is 0.271 e. The third kappa shape index (κ3) is 2.95. The highest BCUT2D eigenvalue weighted by Gasteiger charge is 2.27. The molecule has 0 radical (unpaired) electrons. The molecule has 0 aliphatic heterocycles. The van der Waals surface area contributed by atoms with Crippen LogP contribution < -0.4 is 5.43 Å². The van der Waals surface area contributed by atoms with Crippen LogP contribution in [0, 0.1) is 0 Å². The second-order valence-electron chi connectivity index (χ2n) is 3.52. The molecule has 0 saturated carbocycles. The zero-order valence-electron chi connectivity index (χ0n) is 9.25. The monoisotopic (exact) mass is 334 g/mol. The van der Waals surface area contributed by atoms with Gasteiger partial charge in [0.1, 0.15) is 5.71 Å². The van der Waals surface area contributed by atoms with Crippen molar-refractivity contribution >= 4 is 58.0 Å². The van der Waals surface area contributed by atoms with Gasteiger partial charge in [0.25, 0.3) is 5.91 Å². The summed E-state index contributed by atoms with van der Waals surface area (Å²) in [5.74, 6) is -0.388. The second-order valence-corrected chi connectivity index (χ2v) is 5.04. The SMILES string of the molecule is O=C(NN=C1C(Cl)=C(Cl)C(Cl)=C1Cl)c1ccccc1. The molecular weight excluding hydrogens is 330 g/mol. The Morgan fingerprint density at radius 2 is 1.42 bits per heavy atom. The predicted octanol–water partition coefficient (Wildman–Crippen LogP) is 4.16. The van der Waals surface area contributed by atoms with Crippen molar-refractivity contribution < 1.29 is 4.79 Å². The van der Waals surface area contributed by atoms with E-state index in [0.29, 0.717) is 5.56 Å². The van der Waals surface area contributed by atoms with E-state index in [1.165, 1.54) is 0 Å². The first kappa shape index (κ1) is 14.4. The van der Waals surface area contributed by atoms with Crippen molar-refractivity contribution in [3.8, 4) is 0 Å². The molecule has 1 aromatic rings. The van der Waals surface area contributed by atoms with Gasteiger partial charge in [-0.3, -0.25) is 4.79 Å². The van der Waals surface area contributed by atoms with Gasteiger partial charge < -0.3 is 0 Å². The van der Waals surface area contributed by atoms with Crippen molar-refractivity contribution in [3.05, 3.63) is 56.0 Å². The van der Waals surface area contributed by atoms with Crippen LogP contribution >= 0.6 is 46.4 Å². The van der Waals surface area contributed by atoms with Gasteiger partial charge in [0.05, 0.1) is 20.1 Å². The van der Waals surface area contributed by atoms with Crippen molar-refractivity contribution in [1.29, 1.82) is 0 Å². The number of hydrazone groups is 1. The van der Waals surface area contributed by atoms with E-state index in [-0.39, 0.29) is 31.7 Å². The average Bonchev–Trinajstić information content (AvgIpc) is 2.62. The lowest BCUT2D eigenvalue weighted by molar-refractivity contribution is 0.0955. The number of nitrogens with one attached hydrogen (secondary N) is 1. The van der Waals surface area contributed by atoms with Crippen molar-refractivity contribution in [2.45, 2.75) is 0 Å². The summed E-state index contributed by atoms with van der Waals surface area (Å²) in [5.41, 5.74) is 2.94. The summed E-state index contributed by atoms with van der Waals surface area (Å²) in [5, 5.41) is 4.26. The number of allylic oxidation sites excluding steroid dienone is 4. The van der Waals surface area contributed by atoms with E-state index in [1.54, 1.807) is 30.3 Å². The highest BCUT2D eigenvalue weighted by Crippen LogP contribution is 2.39. The van der Waals surface area contributed by atoms with Crippen molar-refractivity contribution in [2.24, 2.45) is 5.10 Å². The maximum atomic E-state index is 11.8. The summed E-state index contributed by atoms with van der Waals surface area (Å²) in [6.07, 6.45) is 0. The molecule has 0 atom stereocenters. The lowest BCUT2D eigenvalue weighted by atomic mass is 10.2. The van der Waals surface area contributed by atoms with E-state index in [1.807, 2.05) is 0 Å². The molecule has 98 valence electrons. The van der Waals surface area contributed by atoms with E-state index in [0.717, 1.165) is 0 Å². The fourth-order valence-corrected chi connectivity index (χ4v) is 2.33. The van der Waals surface area contributed by atoms with Crippen molar-refractivity contribution in [2.75, 3.05) is 0 Å². The molecule has 7 heteroatoms. The number of amides is 1. The first-order chi connectivity index (χ1) is 9.02. The minimum absolute atomic E-state index is 0.102. The molecule has 0 aromatic heterocycles. The maximum absolute atomic E-state index is 11.8. The fraction of sp³-hybridized carbons (Fsp3) is 0. The Morgan fingerprint density at radius 3 is 1.95 bits per heavy atom. The van der Waals surface area contributed by atoms with Gasteiger partial charge in [-0.1, -0.05) is 64.6 Å². The van der Waals surface area contributed by atoms with Gasteiger partial charge in [0, 0.05) is 5.56 Å². The fourth-order valence-electron chi connectivity index (χ4n) is 1.36. The lowest BCUT2D eigenvalue weighted by Crippen LogP contribution is -2.19. The van der Waals surface area contributed by atoms with Crippen LogP contribution in [-0.2, 0) is 0 Å². The van der Waals surface area contributed by atoms with E-state index in [9.17, 15) is 4.79 Å². The summed E-state index contributed by atoms with van der Waals surface area (Å²) >= 11 is 23.4. The van der Waals surface area contributed by atoms with Gasteiger partial charge in [0.15, 0.2) is 0 Å². The number of carbonyl (C=O) groups excluding carboxylic acids is 1. The molecule has 0 unspecified atom stereocenters. The summed E-state index contributed by atoms with van der Waals surface area (Å²) in [6.45, 7) is 0. The molecule has 0 heterocycles. The van der Waals surface area contributed by atoms with Crippen LogP contribution in [0.25, 0.3) is 0 Å². The quantitative estimate of drug-likeness (QED) is 0.810. The maximum Gasteiger partial charge on any atom is 0.271 e. The number of carbonyl (C=O) groups is 1. The second kappa shape index (κ2) is 5.97. The Kier molecular flexibility index (Phi) is 4.53. The Labute approximate surface area is 129 Å². The van der Waals surface area contributed by atoms with Crippen LogP contribution in [0.15, 0.2) is 55.6 Å². The molecule has 0 bridgehead atoms. The van der Waals surface area contributed by atoms with Gasteiger partial charge in [-0.15, -0.1) is 0 Å². The molecule has 1 aliphatic carbocycles. The standard InChI is InChI=1S/C12H6Cl4N2O/c13-7-8(14)10(16)11(9(7)15)17-18-12(19)6-4-2-1-3-5-6/h1-5H,(H,18,19). The smallest absolute Gasteiger partial charge is 0.267 e. The molecule has 2 rings (SSSR count). The number of hydrogen-bond acceptors (Lipinski definition) is 2. The van der Waals surface area contributed by atoms with E-state index >= 15 is 0 Å². The molecular formula is C12H6Cl4N2O.